The predicted molar refractivity (Wildman–Crippen MR) is 135 cm³/mol. The third-order valence-corrected chi connectivity index (χ3v) is 6.66. The van der Waals surface area contributed by atoms with Crippen molar-refractivity contribution in [2.45, 2.75) is 76.1 Å². The van der Waals surface area contributed by atoms with Crippen LogP contribution in [0, 0.1) is 0 Å². The van der Waals surface area contributed by atoms with E-state index in [0.717, 1.165) is 16.7 Å². The zero-order valence-electron chi connectivity index (χ0n) is 20.7. The lowest BCUT2D eigenvalue weighted by Gasteiger charge is -2.44. The highest BCUT2D eigenvalue weighted by Crippen LogP contribution is 2.41. The third kappa shape index (κ3) is 5.86. The first kappa shape index (κ1) is 25.1. The maximum Gasteiger partial charge on any atom is 0.164 e. The predicted octanol–water partition coefficient (Wildman–Crippen LogP) is 4.64. The van der Waals surface area contributed by atoms with Gasteiger partial charge in [-0.25, -0.2) is 0 Å². The Morgan fingerprint density at radius 3 is 1.39 bits per heavy atom. The highest BCUT2D eigenvalue weighted by atomic mass is 16.8. The number of aliphatic hydroxyl groups is 1. The summed E-state index contributed by atoms with van der Waals surface area (Å²) in [5.74, 6) is -0.841. The summed E-state index contributed by atoms with van der Waals surface area (Å²) < 4.78 is 31.7. The molecule has 6 atom stereocenters. The minimum atomic E-state index is -0.975. The van der Waals surface area contributed by atoms with Gasteiger partial charge in [-0.3, -0.25) is 0 Å². The summed E-state index contributed by atoms with van der Waals surface area (Å²) in [7, 11) is 0. The molecule has 0 spiro atoms. The minimum Gasteiger partial charge on any atom is -0.387 e. The first-order chi connectivity index (χ1) is 17.5. The van der Waals surface area contributed by atoms with Crippen LogP contribution >= 0.6 is 0 Å². The van der Waals surface area contributed by atoms with Crippen molar-refractivity contribution < 1.29 is 28.8 Å². The lowest BCUT2D eigenvalue weighted by atomic mass is 9.84. The maximum atomic E-state index is 11.6. The lowest BCUT2D eigenvalue weighted by molar-refractivity contribution is -0.238. The van der Waals surface area contributed by atoms with Crippen molar-refractivity contribution >= 4 is 0 Å². The Balaban J connectivity index is 1.40. The molecule has 190 valence electrons. The average Bonchev–Trinajstić information content (AvgIpc) is 3.22. The zero-order valence-corrected chi connectivity index (χ0v) is 20.7. The molecule has 0 aromatic heterocycles. The zero-order chi connectivity index (χ0) is 25.0. The summed E-state index contributed by atoms with van der Waals surface area (Å²) in [5.41, 5.74) is 3.06. The van der Waals surface area contributed by atoms with Gasteiger partial charge >= 0.3 is 0 Å². The Morgan fingerprint density at radius 2 is 0.944 bits per heavy atom. The Morgan fingerprint density at radius 1 is 0.583 bits per heavy atom. The van der Waals surface area contributed by atoms with E-state index in [1.165, 1.54) is 0 Å². The molecule has 2 fully saturated rings. The highest BCUT2D eigenvalue weighted by molar-refractivity contribution is 5.16. The van der Waals surface area contributed by atoms with Crippen LogP contribution in [-0.2, 0) is 43.5 Å². The van der Waals surface area contributed by atoms with Gasteiger partial charge in [0.1, 0.15) is 36.6 Å². The molecular weight excluding hydrogens is 456 g/mol. The Hall–Kier alpha value is -2.58. The van der Waals surface area contributed by atoms with E-state index in [9.17, 15) is 5.11 Å². The van der Waals surface area contributed by atoms with Crippen LogP contribution in [0.3, 0.4) is 0 Å². The van der Waals surface area contributed by atoms with E-state index in [4.69, 9.17) is 23.7 Å². The second-order valence-corrected chi connectivity index (χ2v) is 9.84. The monoisotopic (exact) mass is 490 g/mol. The average molecular weight is 491 g/mol. The van der Waals surface area contributed by atoms with Crippen LogP contribution in [0.15, 0.2) is 91.0 Å². The molecule has 6 nitrogen and oxygen atoms in total. The van der Waals surface area contributed by atoms with E-state index in [1.54, 1.807) is 0 Å². The van der Waals surface area contributed by atoms with Gasteiger partial charge in [0.15, 0.2) is 5.79 Å². The molecule has 0 radical (unpaired) electrons. The SMILES string of the molecule is CC1(C)OC2[C@H](O1)C(OCc1ccccc1)[C@@H](OCc1ccccc1)[C@H](O)[C@@H]2OCc1ccccc1. The van der Waals surface area contributed by atoms with E-state index >= 15 is 0 Å². The van der Waals surface area contributed by atoms with Crippen LogP contribution in [-0.4, -0.2) is 47.5 Å². The molecule has 1 N–H and O–H groups in total. The molecule has 3 aromatic rings. The molecule has 0 amide bonds. The number of aliphatic hydroxyl groups excluding tert-OH is 1. The molecule has 36 heavy (non-hydrogen) atoms. The molecule has 5 rings (SSSR count). The van der Waals surface area contributed by atoms with Crippen LogP contribution in [0.2, 0.25) is 0 Å². The molecule has 3 aromatic carbocycles. The molecule has 1 aliphatic carbocycles. The van der Waals surface area contributed by atoms with Crippen LogP contribution in [0.1, 0.15) is 30.5 Å². The van der Waals surface area contributed by atoms with Crippen molar-refractivity contribution in [1.29, 1.82) is 0 Å². The molecular formula is C30H34O6. The fraction of sp³-hybridized carbons (Fsp3) is 0.400. The second kappa shape index (κ2) is 11.2. The lowest BCUT2D eigenvalue weighted by Crippen LogP contribution is -2.64. The number of benzene rings is 3. The molecule has 1 saturated heterocycles. The maximum absolute atomic E-state index is 11.6. The van der Waals surface area contributed by atoms with Crippen molar-refractivity contribution in [2.24, 2.45) is 0 Å². The summed E-state index contributed by atoms with van der Waals surface area (Å²) in [6.07, 6.45) is -3.81. The topological polar surface area (TPSA) is 66.4 Å². The van der Waals surface area contributed by atoms with Crippen molar-refractivity contribution in [1.82, 2.24) is 0 Å². The van der Waals surface area contributed by atoms with E-state index in [1.807, 2.05) is 105 Å². The Labute approximate surface area is 212 Å². The van der Waals surface area contributed by atoms with Gasteiger partial charge < -0.3 is 28.8 Å². The van der Waals surface area contributed by atoms with Gasteiger partial charge in [-0.05, 0) is 30.5 Å². The first-order valence-electron chi connectivity index (χ1n) is 12.5. The van der Waals surface area contributed by atoms with E-state index in [-0.39, 0.29) is 0 Å². The molecule has 2 unspecified atom stereocenters. The highest BCUT2D eigenvalue weighted by Gasteiger charge is 2.59. The third-order valence-electron chi connectivity index (χ3n) is 6.66. The van der Waals surface area contributed by atoms with Crippen molar-refractivity contribution in [3.05, 3.63) is 108 Å². The number of hydrogen-bond donors (Lipinski definition) is 1. The van der Waals surface area contributed by atoms with Gasteiger partial charge in [-0.2, -0.15) is 0 Å². The van der Waals surface area contributed by atoms with Crippen molar-refractivity contribution in [3.8, 4) is 0 Å². The van der Waals surface area contributed by atoms with Gasteiger partial charge in [0.05, 0.1) is 19.8 Å². The van der Waals surface area contributed by atoms with Crippen LogP contribution in [0.5, 0.6) is 0 Å². The molecule has 0 bridgehead atoms. The van der Waals surface area contributed by atoms with E-state index < -0.39 is 42.4 Å². The standard InChI is InChI=1S/C30H34O6/c1-30(2)35-28-26(33-19-22-14-8-4-9-15-22)24(31)25(32-18-21-12-6-3-7-13-21)27(29(28)36-30)34-20-23-16-10-5-11-17-23/h3-17,24-29,31H,18-20H2,1-2H3/t24-,25-,26-,27?,28?,29+/m0/s1. The van der Waals surface area contributed by atoms with Crippen molar-refractivity contribution in [2.75, 3.05) is 0 Å². The summed E-state index contributed by atoms with van der Waals surface area (Å²) in [6.45, 7) is 4.80. The quantitative estimate of drug-likeness (QED) is 0.472. The summed E-state index contributed by atoms with van der Waals surface area (Å²) in [4.78, 5) is 0. The largest absolute Gasteiger partial charge is 0.387 e. The number of hydrogen-bond acceptors (Lipinski definition) is 6. The Kier molecular flexibility index (Phi) is 7.82. The summed E-state index contributed by atoms with van der Waals surface area (Å²) in [5, 5.41) is 11.6. The number of ether oxygens (including phenoxy) is 5. The van der Waals surface area contributed by atoms with E-state index in [2.05, 4.69) is 0 Å². The van der Waals surface area contributed by atoms with E-state index in [0.29, 0.717) is 19.8 Å². The molecule has 6 heteroatoms. The Bertz CT molecular complexity index is 1070. The van der Waals surface area contributed by atoms with Gasteiger partial charge in [-0.15, -0.1) is 0 Å². The smallest absolute Gasteiger partial charge is 0.164 e. The molecule has 1 aliphatic heterocycles. The van der Waals surface area contributed by atoms with Gasteiger partial charge in [0.25, 0.3) is 0 Å². The normalized spacial score (nSPS) is 29.1. The van der Waals surface area contributed by atoms with Crippen LogP contribution in [0.4, 0.5) is 0 Å². The fourth-order valence-electron chi connectivity index (χ4n) is 4.96. The van der Waals surface area contributed by atoms with Gasteiger partial charge in [-0.1, -0.05) is 91.0 Å². The number of rotatable bonds is 9. The second-order valence-electron chi connectivity index (χ2n) is 9.84. The molecule has 1 heterocycles. The summed E-state index contributed by atoms with van der Waals surface area (Å²) in [6, 6.07) is 29.8. The van der Waals surface area contributed by atoms with Crippen molar-refractivity contribution in [3.63, 3.8) is 0 Å². The summed E-state index contributed by atoms with van der Waals surface area (Å²) >= 11 is 0. The molecule has 2 aliphatic rings. The minimum absolute atomic E-state index is 0.334. The number of fused-ring (bicyclic) bond motifs is 1. The van der Waals surface area contributed by atoms with Gasteiger partial charge in [0.2, 0.25) is 0 Å². The molecule has 1 saturated carbocycles. The van der Waals surface area contributed by atoms with Crippen LogP contribution < -0.4 is 0 Å². The van der Waals surface area contributed by atoms with Crippen LogP contribution in [0.25, 0.3) is 0 Å². The first-order valence-corrected chi connectivity index (χ1v) is 12.5. The fourth-order valence-corrected chi connectivity index (χ4v) is 4.96. The van der Waals surface area contributed by atoms with Gasteiger partial charge in [0, 0.05) is 0 Å².